The summed E-state index contributed by atoms with van der Waals surface area (Å²) in [6.45, 7) is 2.02. The summed E-state index contributed by atoms with van der Waals surface area (Å²) in [5.74, 6) is 1.05. The minimum Gasteiger partial charge on any atom is -0.454 e. The molecule has 2 aliphatic rings. The molecule has 7 nitrogen and oxygen atoms in total. The highest BCUT2D eigenvalue weighted by Crippen LogP contribution is 2.32. The Labute approximate surface area is 219 Å². The van der Waals surface area contributed by atoms with Gasteiger partial charge in [0, 0.05) is 36.4 Å². The molecule has 0 spiro atoms. The molecule has 2 heterocycles. The first-order valence-electron chi connectivity index (χ1n) is 11.7. The van der Waals surface area contributed by atoms with Crippen LogP contribution in [0.1, 0.15) is 39.1 Å². The Morgan fingerprint density at radius 2 is 1.67 bits per heavy atom. The van der Waals surface area contributed by atoms with Crippen LogP contribution in [0, 0.1) is 0 Å². The monoisotopic (exact) mass is 525 g/mol. The minimum atomic E-state index is -0.210. The fourth-order valence-electron chi connectivity index (χ4n) is 4.47. The molecule has 2 aliphatic heterocycles. The fraction of sp³-hybridized carbons (Fsp3) is 0.259. The van der Waals surface area contributed by atoms with Gasteiger partial charge in [0.05, 0.1) is 16.1 Å². The summed E-state index contributed by atoms with van der Waals surface area (Å²) in [5, 5.41) is 6.90. The van der Waals surface area contributed by atoms with Crippen LogP contribution < -0.4 is 25.0 Å². The molecule has 3 aromatic rings. The maximum absolute atomic E-state index is 13.1. The third-order valence-corrected chi connectivity index (χ3v) is 6.93. The van der Waals surface area contributed by atoms with Crippen LogP contribution >= 0.6 is 23.2 Å². The number of hydrogen-bond donors (Lipinski definition) is 2. The molecule has 0 aliphatic carbocycles. The smallest absolute Gasteiger partial charge is 0.253 e. The largest absolute Gasteiger partial charge is 0.454 e. The summed E-state index contributed by atoms with van der Waals surface area (Å²) in [6.07, 6.45) is 1.51. The molecule has 9 heteroatoms. The number of carbonyl (C=O) groups excluding carboxylic acids is 2. The molecule has 3 aromatic carbocycles. The van der Waals surface area contributed by atoms with Crippen molar-refractivity contribution in [2.75, 3.05) is 24.8 Å². The van der Waals surface area contributed by atoms with Gasteiger partial charge in [0.15, 0.2) is 11.5 Å². The van der Waals surface area contributed by atoms with Crippen LogP contribution in [0.5, 0.6) is 11.5 Å². The molecule has 1 fully saturated rings. The molecule has 0 atom stereocenters. The Morgan fingerprint density at radius 1 is 0.889 bits per heavy atom. The molecule has 1 saturated heterocycles. The van der Waals surface area contributed by atoms with Gasteiger partial charge in [-0.1, -0.05) is 41.4 Å². The molecule has 2 amide bonds. The number of nitrogens with zero attached hydrogens (tertiary/aromatic N) is 1. The van der Waals surface area contributed by atoms with E-state index >= 15 is 0 Å². The van der Waals surface area contributed by atoms with Crippen molar-refractivity contribution in [1.29, 1.82) is 0 Å². The van der Waals surface area contributed by atoms with E-state index in [9.17, 15) is 9.59 Å². The van der Waals surface area contributed by atoms with Gasteiger partial charge < -0.3 is 25.0 Å². The molecule has 0 bridgehead atoms. The standard InChI is InChI=1S/C27H25Cl2N3O4/c28-18-6-7-20(22(29)14-18)27(34)31-19-9-11-32(12-10-19)23-4-2-1-3-21(23)26(33)30-15-17-5-8-24-25(13-17)36-16-35-24/h1-8,13-14,19H,9-12,15-16H2,(H,30,33)(H,31,34). The quantitative estimate of drug-likeness (QED) is 0.470. The number of anilines is 1. The van der Waals surface area contributed by atoms with Crippen molar-refractivity contribution >= 4 is 40.7 Å². The zero-order valence-electron chi connectivity index (χ0n) is 19.4. The molecule has 36 heavy (non-hydrogen) atoms. The van der Waals surface area contributed by atoms with Crippen LogP contribution in [0.2, 0.25) is 10.0 Å². The lowest BCUT2D eigenvalue weighted by Crippen LogP contribution is -2.45. The van der Waals surface area contributed by atoms with Crippen molar-refractivity contribution in [3.8, 4) is 11.5 Å². The van der Waals surface area contributed by atoms with Gasteiger partial charge in [0.25, 0.3) is 11.8 Å². The SMILES string of the molecule is O=C(NC1CCN(c2ccccc2C(=O)NCc2ccc3c(c2)OCO3)CC1)c1ccc(Cl)cc1Cl. The van der Waals surface area contributed by atoms with Crippen molar-refractivity contribution in [1.82, 2.24) is 10.6 Å². The van der Waals surface area contributed by atoms with Crippen molar-refractivity contribution in [3.05, 3.63) is 87.4 Å². The number of carbonyl (C=O) groups is 2. The predicted octanol–water partition coefficient (Wildman–Crippen LogP) is 5.05. The van der Waals surface area contributed by atoms with Gasteiger partial charge in [-0.15, -0.1) is 0 Å². The molecule has 2 N–H and O–H groups in total. The maximum Gasteiger partial charge on any atom is 0.253 e. The Morgan fingerprint density at radius 3 is 2.47 bits per heavy atom. The lowest BCUT2D eigenvalue weighted by molar-refractivity contribution is 0.0929. The summed E-state index contributed by atoms with van der Waals surface area (Å²) >= 11 is 12.1. The first-order valence-corrected chi connectivity index (χ1v) is 12.5. The van der Waals surface area contributed by atoms with Crippen LogP contribution in [0.15, 0.2) is 60.7 Å². The lowest BCUT2D eigenvalue weighted by atomic mass is 10.0. The van der Waals surface area contributed by atoms with Gasteiger partial charge in [-0.3, -0.25) is 9.59 Å². The van der Waals surface area contributed by atoms with Crippen LogP contribution in [0.25, 0.3) is 0 Å². The van der Waals surface area contributed by atoms with Crippen LogP contribution in [-0.2, 0) is 6.54 Å². The number of benzene rings is 3. The molecular weight excluding hydrogens is 501 g/mol. The Bertz CT molecular complexity index is 1290. The third kappa shape index (κ3) is 5.37. The van der Waals surface area contributed by atoms with E-state index in [4.69, 9.17) is 32.7 Å². The van der Waals surface area contributed by atoms with E-state index in [1.54, 1.807) is 18.2 Å². The number of piperidine rings is 1. The highest BCUT2D eigenvalue weighted by Gasteiger charge is 2.25. The molecule has 0 unspecified atom stereocenters. The predicted molar refractivity (Wildman–Crippen MR) is 139 cm³/mol. The average molecular weight is 526 g/mol. The first-order chi connectivity index (χ1) is 17.5. The van der Waals surface area contributed by atoms with Crippen molar-refractivity contribution in [3.63, 3.8) is 0 Å². The third-order valence-electron chi connectivity index (χ3n) is 6.39. The van der Waals surface area contributed by atoms with Gasteiger partial charge in [-0.25, -0.2) is 0 Å². The second-order valence-electron chi connectivity index (χ2n) is 8.75. The summed E-state index contributed by atoms with van der Waals surface area (Å²) < 4.78 is 10.8. The van der Waals surface area contributed by atoms with E-state index in [1.807, 2.05) is 42.5 Å². The number of nitrogens with one attached hydrogen (secondary N) is 2. The van der Waals surface area contributed by atoms with Crippen LogP contribution in [0.3, 0.4) is 0 Å². The number of fused-ring (bicyclic) bond motifs is 1. The zero-order chi connectivity index (χ0) is 25.1. The normalized spacial score (nSPS) is 15.0. The van der Waals surface area contributed by atoms with E-state index < -0.39 is 0 Å². The summed E-state index contributed by atoms with van der Waals surface area (Å²) in [7, 11) is 0. The topological polar surface area (TPSA) is 79.9 Å². The van der Waals surface area contributed by atoms with Gasteiger partial charge >= 0.3 is 0 Å². The number of para-hydroxylation sites is 1. The highest BCUT2D eigenvalue weighted by molar-refractivity contribution is 6.36. The summed E-state index contributed by atoms with van der Waals surface area (Å²) in [6, 6.07) is 18.1. The molecule has 0 saturated carbocycles. The number of ether oxygens (including phenoxy) is 2. The van der Waals surface area contributed by atoms with E-state index in [2.05, 4.69) is 15.5 Å². The second kappa shape index (κ2) is 10.7. The molecule has 186 valence electrons. The molecule has 0 radical (unpaired) electrons. The van der Waals surface area contributed by atoms with Crippen molar-refractivity contribution in [2.24, 2.45) is 0 Å². The van der Waals surface area contributed by atoms with E-state index in [-0.39, 0.29) is 24.6 Å². The Balaban J connectivity index is 1.18. The maximum atomic E-state index is 13.1. The van der Waals surface area contributed by atoms with E-state index in [0.717, 1.165) is 24.1 Å². The molecular formula is C27H25Cl2N3O4. The van der Waals surface area contributed by atoms with Gasteiger partial charge in [0.2, 0.25) is 6.79 Å². The second-order valence-corrected chi connectivity index (χ2v) is 9.59. The molecule has 0 aromatic heterocycles. The van der Waals surface area contributed by atoms with E-state index in [0.29, 0.717) is 52.3 Å². The van der Waals surface area contributed by atoms with Crippen LogP contribution in [-0.4, -0.2) is 37.7 Å². The fourth-order valence-corrected chi connectivity index (χ4v) is 4.97. The number of hydrogen-bond acceptors (Lipinski definition) is 5. The van der Waals surface area contributed by atoms with Gasteiger partial charge in [-0.05, 0) is 60.9 Å². The molecule has 5 rings (SSSR count). The Kier molecular flexibility index (Phi) is 7.20. The van der Waals surface area contributed by atoms with Gasteiger partial charge in [0.1, 0.15) is 0 Å². The Hall–Kier alpha value is -3.42. The number of rotatable bonds is 6. The summed E-state index contributed by atoms with van der Waals surface area (Å²) in [5.41, 5.74) is 2.84. The lowest BCUT2D eigenvalue weighted by Gasteiger charge is -2.35. The summed E-state index contributed by atoms with van der Waals surface area (Å²) in [4.78, 5) is 27.9. The van der Waals surface area contributed by atoms with E-state index in [1.165, 1.54) is 0 Å². The van der Waals surface area contributed by atoms with Crippen LogP contribution in [0.4, 0.5) is 5.69 Å². The number of amides is 2. The van der Waals surface area contributed by atoms with Crippen molar-refractivity contribution in [2.45, 2.75) is 25.4 Å². The average Bonchev–Trinajstić information content (AvgIpc) is 3.36. The van der Waals surface area contributed by atoms with Crippen molar-refractivity contribution < 1.29 is 19.1 Å². The zero-order valence-corrected chi connectivity index (χ0v) is 20.9. The first kappa shape index (κ1) is 24.3. The highest BCUT2D eigenvalue weighted by atomic mass is 35.5. The minimum absolute atomic E-state index is 0.0208. The number of halogens is 2. The van der Waals surface area contributed by atoms with Gasteiger partial charge in [-0.2, -0.15) is 0 Å².